The maximum Gasteiger partial charge on any atom is 0.231 e. The van der Waals surface area contributed by atoms with E-state index in [0.29, 0.717) is 5.88 Å². The molecule has 2 aliphatic rings. The van der Waals surface area contributed by atoms with E-state index in [9.17, 15) is 0 Å². The molecule has 1 atom stereocenters. The van der Waals surface area contributed by atoms with Crippen LogP contribution in [0, 0.1) is 0 Å². The SMILES string of the molecule is COc1cc([C@H](C)NC2=CCC(c3ccc4c(c3)OCO4)=CO2)ccn1. The van der Waals surface area contributed by atoms with Gasteiger partial charge in [0.05, 0.1) is 19.4 Å². The van der Waals surface area contributed by atoms with Gasteiger partial charge in [0.2, 0.25) is 12.7 Å². The van der Waals surface area contributed by atoms with Gasteiger partial charge in [-0.05, 0) is 54.3 Å². The third-order valence-corrected chi connectivity index (χ3v) is 4.41. The topological polar surface area (TPSA) is 61.8 Å². The Kier molecular flexibility index (Phi) is 4.39. The maximum atomic E-state index is 5.78. The van der Waals surface area contributed by atoms with Crippen LogP contribution in [0.1, 0.15) is 30.5 Å². The van der Waals surface area contributed by atoms with Crippen LogP contribution in [-0.2, 0) is 4.74 Å². The molecule has 1 N–H and O–H groups in total. The number of allylic oxidation sites excluding steroid dienone is 2. The molecule has 3 heterocycles. The Balaban J connectivity index is 1.40. The van der Waals surface area contributed by atoms with Crippen molar-refractivity contribution >= 4 is 5.57 Å². The number of methoxy groups -OCH3 is 1. The van der Waals surface area contributed by atoms with Crippen LogP contribution >= 0.6 is 0 Å². The van der Waals surface area contributed by atoms with Gasteiger partial charge in [0.25, 0.3) is 0 Å². The summed E-state index contributed by atoms with van der Waals surface area (Å²) in [7, 11) is 1.61. The molecule has 4 rings (SSSR count). The minimum Gasteiger partial charge on any atom is -0.481 e. The van der Waals surface area contributed by atoms with Crippen LogP contribution in [0.3, 0.4) is 0 Å². The number of fused-ring (bicyclic) bond motifs is 1. The van der Waals surface area contributed by atoms with Crippen LogP contribution < -0.4 is 19.5 Å². The zero-order chi connectivity index (χ0) is 17.9. The molecule has 0 aliphatic carbocycles. The van der Waals surface area contributed by atoms with Crippen LogP contribution in [0.4, 0.5) is 0 Å². The standard InChI is InChI=1S/C20H20N2O4/c1-13(14-7-8-21-20(10-14)23-2)22-19-6-4-16(11-24-19)15-3-5-17-18(9-15)26-12-25-17/h3,5-11,13,22H,4,12H2,1-2H3/t13-/m0/s1. The van der Waals surface area contributed by atoms with Gasteiger partial charge in [0.15, 0.2) is 17.4 Å². The second-order valence-corrected chi connectivity index (χ2v) is 6.10. The molecule has 0 saturated heterocycles. The Labute approximate surface area is 152 Å². The van der Waals surface area contributed by atoms with Crippen molar-refractivity contribution in [2.45, 2.75) is 19.4 Å². The van der Waals surface area contributed by atoms with Gasteiger partial charge < -0.3 is 24.3 Å². The normalized spacial score (nSPS) is 16.2. The molecule has 0 fully saturated rings. The summed E-state index contributed by atoms with van der Waals surface area (Å²) in [6.45, 7) is 2.34. The minimum absolute atomic E-state index is 0.0682. The summed E-state index contributed by atoms with van der Waals surface area (Å²) in [6, 6.07) is 9.86. The van der Waals surface area contributed by atoms with E-state index >= 15 is 0 Å². The van der Waals surface area contributed by atoms with E-state index in [0.717, 1.165) is 40.5 Å². The fourth-order valence-corrected chi connectivity index (χ4v) is 2.91. The molecule has 2 aromatic rings. The third-order valence-electron chi connectivity index (χ3n) is 4.41. The van der Waals surface area contributed by atoms with E-state index in [4.69, 9.17) is 18.9 Å². The smallest absolute Gasteiger partial charge is 0.231 e. The van der Waals surface area contributed by atoms with E-state index in [-0.39, 0.29) is 12.8 Å². The van der Waals surface area contributed by atoms with Gasteiger partial charge in [-0.25, -0.2) is 4.98 Å². The average molecular weight is 352 g/mol. The lowest BCUT2D eigenvalue weighted by Gasteiger charge is -2.21. The van der Waals surface area contributed by atoms with Crippen molar-refractivity contribution in [1.29, 1.82) is 0 Å². The molecule has 1 aromatic carbocycles. The van der Waals surface area contributed by atoms with Gasteiger partial charge in [-0.1, -0.05) is 6.07 Å². The van der Waals surface area contributed by atoms with E-state index < -0.39 is 0 Å². The molecule has 26 heavy (non-hydrogen) atoms. The lowest BCUT2D eigenvalue weighted by Crippen LogP contribution is -2.20. The molecule has 6 nitrogen and oxygen atoms in total. The van der Waals surface area contributed by atoms with Crippen LogP contribution in [0.15, 0.2) is 54.7 Å². The molecule has 0 saturated carbocycles. The van der Waals surface area contributed by atoms with Crippen molar-refractivity contribution in [2.24, 2.45) is 0 Å². The van der Waals surface area contributed by atoms with Gasteiger partial charge in [-0.3, -0.25) is 0 Å². The zero-order valence-electron chi connectivity index (χ0n) is 14.7. The number of ether oxygens (including phenoxy) is 4. The van der Waals surface area contributed by atoms with Gasteiger partial charge in [0, 0.05) is 12.3 Å². The van der Waals surface area contributed by atoms with Crippen molar-refractivity contribution < 1.29 is 18.9 Å². The summed E-state index contributed by atoms with van der Waals surface area (Å²) >= 11 is 0. The third kappa shape index (κ3) is 3.31. The van der Waals surface area contributed by atoms with Crippen LogP contribution in [0.5, 0.6) is 17.4 Å². The van der Waals surface area contributed by atoms with Crippen LogP contribution in [0.25, 0.3) is 5.57 Å². The highest BCUT2D eigenvalue weighted by Gasteiger charge is 2.17. The molecule has 0 amide bonds. The van der Waals surface area contributed by atoms with E-state index in [1.54, 1.807) is 19.6 Å². The fourth-order valence-electron chi connectivity index (χ4n) is 2.91. The second kappa shape index (κ2) is 7.00. The first-order valence-electron chi connectivity index (χ1n) is 8.45. The van der Waals surface area contributed by atoms with Crippen LogP contribution in [-0.4, -0.2) is 18.9 Å². The van der Waals surface area contributed by atoms with E-state index in [2.05, 4.69) is 17.2 Å². The number of nitrogens with zero attached hydrogens (tertiary/aromatic N) is 1. The van der Waals surface area contributed by atoms with Gasteiger partial charge in [0.1, 0.15) is 0 Å². The summed E-state index contributed by atoms with van der Waals surface area (Å²) in [4.78, 5) is 4.13. The molecular formula is C20H20N2O4. The van der Waals surface area contributed by atoms with Gasteiger partial charge in [-0.15, -0.1) is 0 Å². The summed E-state index contributed by atoms with van der Waals surface area (Å²) in [5.41, 5.74) is 3.23. The lowest BCUT2D eigenvalue weighted by molar-refractivity contribution is 0.174. The molecule has 1 aromatic heterocycles. The number of rotatable bonds is 5. The minimum atomic E-state index is 0.0682. The number of nitrogens with one attached hydrogen (secondary N) is 1. The van der Waals surface area contributed by atoms with Gasteiger partial charge >= 0.3 is 0 Å². The number of aromatic nitrogens is 1. The highest BCUT2D eigenvalue weighted by molar-refractivity contribution is 5.69. The largest absolute Gasteiger partial charge is 0.481 e. The summed E-state index contributed by atoms with van der Waals surface area (Å²) in [5, 5.41) is 3.37. The Morgan fingerprint density at radius 3 is 2.85 bits per heavy atom. The quantitative estimate of drug-likeness (QED) is 0.884. The van der Waals surface area contributed by atoms with Crippen molar-refractivity contribution in [3.8, 4) is 17.4 Å². The number of hydrogen-bond acceptors (Lipinski definition) is 6. The average Bonchev–Trinajstić information content (AvgIpc) is 3.16. The Morgan fingerprint density at radius 2 is 2.04 bits per heavy atom. The molecule has 0 radical (unpaired) electrons. The van der Waals surface area contributed by atoms with Crippen molar-refractivity contribution in [3.05, 3.63) is 65.9 Å². The Bertz CT molecular complexity index is 876. The fraction of sp³-hybridized carbons (Fsp3) is 0.250. The highest BCUT2D eigenvalue weighted by atomic mass is 16.7. The molecule has 0 spiro atoms. The Morgan fingerprint density at radius 1 is 1.15 bits per heavy atom. The molecule has 0 unspecified atom stereocenters. The summed E-state index contributed by atoms with van der Waals surface area (Å²) < 4.78 is 21.7. The maximum absolute atomic E-state index is 5.78. The zero-order valence-corrected chi connectivity index (χ0v) is 14.7. The predicted molar refractivity (Wildman–Crippen MR) is 96.7 cm³/mol. The first kappa shape index (κ1) is 16.3. The van der Waals surface area contributed by atoms with E-state index in [1.807, 2.05) is 36.4 Å². The number of pyridine rings is 1. The van der Waals surface area contributed by atoms with Gasteiger partial charge in [-0.2, -0.15) is 0 Å². The number of hydrogen-bond donors (Lipinski definition) is 1. The van der Waals surface area contributed by atoms with Crippen LogP contribution in [0.2, 0.25) is 0 Å². The molecule has 6 heteroatoms. The molecular weight excluding hydrogens is 332 g/mol. The number of benzene rings is 1. The Hall–Kier alpha value is -3.15. The molecule has 134 valence electrons. The molecule has 0 bridgehead atoms. The van der Waals surface area contributed by atoms with Crippen molar-refractivity contribution in [3.63, 3.8) is 0 Å². The van der Waals surface area contributed by atoms with Crippen molar-refractivity contribution in [1.82, 2.24) is 10.3 Å². The monoisotopic (exact) mass is 352 g/mol. The van der Waals surface area contributed by atoms with E-state index in [1.165, 1.54) is 0 Å². The second-order valence-electron chi connectivity index (χ2n) is 6.10. The van der Waals surface area contributed by atoms with Crippen molar-refractivity contribution in [2.75, 3.05) is 13.9 Å². The summed E-state index contributed by atoms with van der Waals surface area (Å²) in [6.07, 6.45) is 6.32. The first-order valence-corrected chi connectivity index (χ1v) is 8.45. The summed E-state index contributed by atoms with van der Waals surface area (Å²) in [5.74, 6) is 2.89. The first-order chi connectivity index (χ1) is 12.7. The molecule has 2 aliphatic heterocycles. The lowest BCUT2D eigenvalue weighted by atomic mass is 10.0. The highest BCUT2D eigenvalue weighted by Crippen LogP contribution is 2.36. The predicted octanol–water partition coefficient (Wildman–Crippen LogP) is 3.77.